The fourth-order valence-electron chi connectivity index (χ4n) is 4.22. The number of halogens is 4. The molecule has 0 atom stereocenters. The van der Waals surface area contributed by atoms with Gasteiger partial charge in [0.25, 0.3) is 5.91 Å². The fraction of sp³-hybridized carbons (Fsp3) is 0.276. The lowest BCUT2D eigenvalue weighted by Gasteiger charge is -2.26. The van der Waals surface area contributed by atoms with Crippen molar-refractivity contribution in [1.82, 2.24) is 20.0 Å². The van der Waals surface area contributed by atoms with Crippen molar-refractivity contribution in [2.75, 3.05) is 44.7 Å². The van der Waals surface area contributed by atoms with E-state index in [1.807, 2.05) is 77.6 Å². The second-order valence-electron chi connectivity index (χ2n) is 9.35. The van der Waals surface area contributed by atoms with E-state index >= 15 is 0 Å². The number of alkyl halides is 3. The molecule has 1 fully saturated rings. The maximum Gasteiger partial charge on any atom is 0.490 e. The van der Waals surface area contributed by atoms with E-state index in [-0.39, 0.29) is 5.91 Å². The molecule has 0 bridgehead atoms. The fourth-order valence-corrected chi connectivity index (χ4v) is 4.40. The third-order valence-corrected chi connectivity index (χ3v) is 6.71. The normalized spacial score (nSPS) is 13.7. The summed E-state index contributed by atoms with van der Waals surface area (Å²) in [5, 5.41) is 19.7. The molecule has 2 heterocycles. The number of amides is 1. The van der Waals surface area contributed by atoms with Crippen molar-refractivity contribution in [2.45, 2.75) is 12.6 Å². The largest absolute Gasteiger partial charge is 0.490 e. The van der Waals surface area contributed by atoms with Gasteiger partial charge in [-0.2, -0.15) is 18.3 Å². The highest BCUT2D eigenvalue weighted by Gasteiger charge is 2.38. The molecule has 0 saturated carbocycles. The molecule has 0 unspecified atom stereocenters. The lowest BCUT2D eigenvalue weighted by atomic mass is 10.2. The van der Waals surface area contributed by atoms with Gasteiger partial charge in [0.1, 0.15) is 0 Å². The summed E-state index contributed by atoms with van der Waals surface area (Å²) in [4.78, 5) is 23.8. The number of benzene rings is 3. The van der Waals surface area contributed by atoms with Crippen LogP contribution in [0.25, 0.3) is 16.6 Å². The van der Waals surface area contributed by atoms with Gasteiger partial charge >= 0.3 is 12.1 Å². The van der Waals surface area contributed by atoms with Gasteiger partial charge in [-0.05, 0) is 67.6 Å². The average Bonchev–Trinajstić information content (AvgIpc) is 3.40. The summed E-state index contributed by atoms with van der Waals surface area (Å²) in [5.41, 5.74) is 4.31. The minimum Gasteiger partial charge on any atom is -0.475 e. The molecule has 13 heteroatoms. The Kier molecular flexibility index (Phi) is 10.4. The molecule has 0 spiro atoms. The Labute approximate surface area is 244 Å². The van der Waals surface area contributed by atoms with Crippen LogP contribution < -0.4 is 10.6 Å². The summed E-state index contributed by atoms with van der Waals surface area (Å²) in [6.45, 7) is 5.17. The second kappa shape index (κ2) is 14.2. The van der Waals surface area contributed by atoms with Gasteiger partial charge in [0.15, 0.2) is 0 Å². The average molecular weight is 604 g/mol. The van der Waals surface area contributed by atoms with Gasteiger partial charge in [-0.3, -0.25) is 9.69 Å². The van der Waals surface area contributed by atoms with E-state index < -0.39 is 12.1 Å². The van der Waals surface area contributed by atoms with E-state index in [4.69, 9.17) is 26.2 Å². The first kappa shape index (κ1) is 30.8. The highest BCUT2D eigenvalue weighted by atomic mass is 35.5. The van der Waals surface area contributed by atoms with Crippen molar-refractivity contribution in [3.63, 3.8) is 0 Å². The van der Waals surface area contributed by atoms with Crippen molar-refractivity contribution in [2.24, 2.45) is 0 Å². The Morgan fingerprint density at radius 2 is 1.71 bits per heavy atom. The lowest BCUT2D eigenvalue weighted by Crippen LogP contribution is -2.38. The van der Waals surface area contributed by atoms with Crippen LogP contribution in [0.5, 0.6) is 0 Å². The number of carbonyl (C=O) groups excluding carboxylic acids is 1. The SMILES string of the molecule is O=C(NCCCN1CCOCC1)c1ccc(-n2ncc3cc(Nc4ccccc4Cl)ccc32)cc1.O=C(O)C(F)(F)F. The number of hydrogen-bond donors (Lipinski definition) is 3. The third kappa shape index (κ3) is 8.44. The number of carbonyl (C=O) groups is 2. The molecule has 3 aromatic carbocycles. The summed E-state index contributed by atoms with van der Waals surface area (Å²) in [7, 11) is 0. The van der Waals surface area contributed by atoms with Gasteiger partial charge < -0.3 is 20.5 Å². The van der Waals surface area contributed by atoms with E-state index in [2.05, 4.69) is 20.6 Å². The molecule has 4 aromatic rings. The van der Waals surface area contributed by atoms with Crippen molar-refractivity contribution in [1.29, 1.82) is 0 Å². The maximum absolute atomic E-state index is 12.5. The first-order valence-corrected chi connectivity index (χ1v) is 13.5. The number of nitrogens with one attached hydrogen (secondary N) is 2. The third-order valence-electron chi connectivity index (χ3n) is 6.38. The van der Waals surface area contributed by atoms with E-state index in [0.29, 0.717) is 17.1 Å². The van der Waals surface area contributed by atoms with Crippen molar-refractivity contribution < 1.29 is 32.6 Å². The molecule has 1 aromatic heterocycles. The summed E-state index contributed by atoms with van der Waals surface area (Å²) in [6.07, 6.45) is -2.32. The van der Waals surface area contributed by atoms with Crippen LogP contribution in [0.15, 0.2) is 72.9 Å². The maximum atomic E-state index is 12.5. The smallest absolute Gasteiger partial charge is 0.475 e. The van der Waals surface area contributed by atoms with Crippen LogP contribution in [0.2, 0.25) is 5.02 Å². The number of carboxylic acids is 1. The van der Waals surface area contributed by atoms with Crippen LogP contribution in [0.4, 0.5) is 24.5 Å². The van der Waals surface area contributed by atoms with Gasteiger partial charge in [0.05, 0.1) is 41.3 Å². The Bertz CT molecular complexity index is 1510. The summed E-state index contributed by atoms with van der Waals surface area (Å²) in [5.74, 6) is -2.81. The molecular formula is C29H29ClF3N5O4. The van der Waals surface area contributed by atoms with Crippen LogP contribution in [-0.4, -0.2) is 77.2 Å². The zero-order chi connectivity index (χ0) is 30.1. The van der Waals surface area contributed by atoms with Gasteiger partial charge in [-0.15, -0.1) is 0 Å². The monoisotopic (exact) mass is 603 g/mol. The van der Waals surface area contributed by atoms with Gasteiger partial charge in [0, 0.05) is 36.3 Å². The van der Waals surface area contributed by atoms with Crippen LogP contribution >= 0.6 is 11.6 Å². The molecule has 1 amide bonds. The minimum absolute atomic E-state index is 0.0564. The number of morpholine rings is 1. The number of aromatic nitrogens is 2. The number of anilines is 2. The number of ether oxygens (including phenoxy) is 1. The minimum atomic E-state index is -5.08. The summed E-state index contributed by atoms with van der Waals surface area (Å²) in [6, 6.07) is 21.2. The molecule has 9 nitrogen and oxygen atoms in total. The molecule has 1 saturated heterocycles. The molecule has 1 aliphatic rings. The van der Waals surface area contributed by atoms with Crippen molar-refractivity contribution in [3.05, 3.63) is 83.5 Å². The molecule has 1 aliphatic heterocycles. The second-order valence-corrected chi connectivity index (χ2v) is 9.76. The molecule has 0 aliphatic carbocycles. The number of carboxylic acid groups (broad SMARTS) is 1. The Morgan fingerprint density at radius 3 is 2.38 bits per heavy atom. The number of para-hydroxylation sites is 1. The lowest BCUT2D eigenvalue weighted by molar-refractivity contribution is -0.192. The van der Waals surface area contributed by atoms with Gasteiger partial charge in [0.2, 0.25) is 0 Å². The van der Waals surface area contributed by atoms with E-state index in [1.54, 1.807) is 0 Å². The Balaban J connectivity index is 0.000000517. The molecule has 0 radical (unpaired) electrons. The van der Waals surface area contributed by atoms with Gasteiger partial charge in [-0.25, -0.2) is 9.48 Å². The molecule has 5 rings (SSSR count). The zero-order valence-corrected chi connectivity index (χ0v) is 23.2. The molecule has 3 N–H and O–H groups in total. The number of nitrogens with zero attached hydrogens (tertiary/aromatic N) is 3. The first-order chi connectivity index (χ1) is 20.1. The van der Waals surface area contributed by atoms with Crippen LogP contribution in [0.1, 0.15) is 16.8 Å². The highest BCUT2D eigenvalue weighted by Crippen LogP contribution is 2.28. The quantitative estimate of drug-likeness (QED) is 0.228. The number of fused-ring (bicyclic) bond motifs is 1. The predicted molar refractivity (Wildman–Crippen MR) is 154 cm³/mol. The highest BCUT2D eigenvalue weighted by molar-refractivity contribution is 6.33. The van der Waals surface area contributed by atoms with E-state index in [1.165, 1.54) is 0 Å². The van der Waals surface area contributed by atoms with Crippen LogP contribution in [-0.2, 0) is 9.53 Å². The van der Waals surface area contributed by atoms with Crippen LogP contribution in [0, 0.1) is 0 Å². The van der Waals surface area contributed by atoms with Crippen molar-refractivity contribution in [3.8, 4) is 5.69 Å². The summed E-state index contributed by atoms with van der Waals surface area (Å²) < 4.78 is 39.0. The Hall–Kier alpha value is -4.13. The molecular weight excluding hydrogens is 575 g/mol. The number of aliphatic carboxylic acids is 1. The molecule has 222 valence electrons. The van der Waals surface area contributed by atoms with E-state index in [0.717, 1.165) is 67.2 Å². The zero-order valence-electron chi connectivity index (χ0n) is 22.4. The van der Waals surface area contributed by atoms with Crippen molar-refractivity contribution >= 4 is 45.8 Å². The molecule has 42 heavy (non-hydrogen) atoms. The first-order valence-electron chi connectivity index (χ1n) is 13.1. The van der Waals surface area contributed by atoms with Crippen LogP contribution in [0.3, 0.4) is 0 Å². The Morgan fingerprint density at radius 1 is 1.02 bits per heavy atom. The van der Waals surface area contributed by atoms with Gasteiger partial charge in [-0.1, -0.05) is 23.7 Å². The summed E-state index contributed by atoms with van der Waals surface area (Å²) >= 11 is 6.27. The topological polar surface area (TPSA) is 109 Å². The number of hydrogen-bond acceptors (Lipinski definition) is 6. The standard InChI is InChI=1S/C27H28ClN5O2.C2HF3O2/c28-24-4-1-2-5-25(24)31-22-8-11-26-21(18-22)19-30-33(26)23-9-6-20(7-10-23)27(34)29-12-3-13-32-14-16-35-17-15-32;3-2(4,5)1(6)7/h1-2,4-11,18-19,31H,3,12-17H2,(H,29,34);(H,6,7). The predicted octanol–water partition coefficient (Wildman–Crippen LogP) is 5.51. The van der Waals surface area contributed by atoms with E-state index in [9.17, 15) is 18.0 Å². The number of rotatable bonds is 8.